The number of carbonyl (C=O) groups is 2. The van der Waals surface area contributed by atoms with Crippen molar-refractivity contribution >= 4 is 40.6 Å². The van der Waals surface area contributed by atoms with Crippen LogP contribution in [-0.4, -0.2) is 35.4 Å². The molecule has 1 aliphatic rings. The van der Waals surface area contributed by atoms with Gasteiger partial charge in [-0.2, -0.15) is 0 Å². The Morgan fingerprint density at radius 2 is 2.00 bits per heavy atom. The molecule has 1 heterocycles. The molecule has 1 atom stereocenters. The Labute approximate surface area is 178 Å². The molecule has 8 heteroatoms. The molecule has 2 N–H and O–H groups in total. The highest BCUT2D eigenvalue weighted by atomic mass is 32.2. The van der Waals surface area contributed by atoms with Crippen LogP contribution in [0.1, 0.15) is 23.6 Å². The fourth-order valence-electron chi connectivity index (χ4n) is 2.71. The Balaban J connectivity index is 1.83. The number of ether oxygens (including phenoxy) is 2. The summed E-state index contributed by atoms with van der Waals surface area (Å²) in [6.07, 6.45) is 0.710. The van der Waals surface area contributed by atoms with Gasteiger partial charge in [-0.1, -0.05) is 18.2 Å². The van der Waals surface area contributed by atoms with Gasteiger partial charge in [0, 0.05) is 0 Å². The summed E-state index contributed by atoms with van der Waals surface area (Å²) >= 11 is 1.26. The Hall–Kier alpha value is -3.26. The zero-order valence-electron chi connectivity index (χ0n) is 17.1. The second-order valence-corrected chi connectivity index (χ2v) is 7.74. The van der Waals surface area contributed by atoms with E-state index in [1.54, 1.807) is 24.3 Å². The molecule has 7 nitrogen and oxygen atoms in total. The van der Waals surface area contributed by atoms with Gasteiger partial charge < -0.3 is 19.9 Å². The van der Waals surface area contributed by atoms with Crippen molar-refractivity contribution in [3.63, 3.8) is 0 Å². The molecule has 0 saturated carbocycles. The number of carboxylic acid groups (broad SMARTS) is 1. The molecule has 0 aromatic heterocycles. The number of carbonyl (C=O) groups excluding carboxylic acids is 1. The molecule has 0 bridgehead atoms. The summed E-state index contributed by atoms with van der Waals surface area (Å²) in [5.74, 6) is -0.610. The van der Waals surface area contributed by atoms with Crippen LogP contribution in [0.2, 0.25) is 0 Å². The molecule has 30 heavy (non-hydrogen) atoms. The van der Waals surface area contributed by atoms with Crippen LogP contribution in [-0.2, 0) is 9.59 Å². The van der Waals surface area contributed by atoms with E-state index in [1.165, 1.54) is 25.8 Å². The molecule has 0 aliphatic carbocycles. The number of nitrogens with zero attached hydrogens (tertiary/aromatic N) is 1. The lowest BCUT2D eigenvalue weighted by atomic mass is 10.1. The highest BCUT2D eigenvalue weighted by Gasteiger charge is 2.24. The highest BCUT2D eigenvalue weighted by molar-refractivity contribution is 8.18. The van der Waals surface area contributed by atoms with Crippen LogP contribution >= 0.6 is 11.8 Å². The first kappa shape index (κ1) is 21.4. The van der Waals surface area contributed by atoms with Crippen LogP contribution in [0.3, 0.4) is 0 Å². The molecule has 1 aliphatic heterocycles. The molecule has 1 amide bonds. The third-order valence-electron chi connectivity index (χ3n) is 4.59. The minimum Gasteiger partial charge on any atom is -0.493 e. The van der Waals surface area contributed by atoms with E-state index in [9.17, 15) is 9.59 Å². The minimum absolute atomic E-state index is 0.233. The molecule has 0 unspecified atom stereocenters. The fourth-order valence-corrected chi connectivity index (χ4v) is 3.54. The van der Waals surface area contributed by atoms with Gasteiger partial charge in [0.15, 0.2) is 22.8 Å². The number of thioether (sulfide) groups is 1. The van der Waals surface area contributed by atoms with E-state index >= 15 is 0 Å². The molecule has 2 aromatic rings. The Morgan fingerprint density at radius 1 is 1.23 bits per heavy atom. The predicted octanol–water partition coefficient (Wildman–Crippen LogP) is 4.06. The normalized spacial score (nSPS) is 17.1. The third kappa shape index (κ3) is 4.83. The zero-order chi connectivity index (χ0) is 21.8. The number of amides is 1. The first-order chi connectivity index (χ1) is 14.3. The van der Waals surface area contributed by atoms with E-state index in [0.29, 0.717) is 27.1 Å². The fraction of sp³-hybridized carbons (Fsp3) is 0.227. The first-order valence-electron chi connectivity index (χ1n) is 9.21. The average molecular weight is 426 g/mol. The van der Waals surface area contributed by atoms with Crippen LogP contribution < -0.4 is 14.8 Å². The molecule has 1 saturated heterocycles. The average Bonchev–Trinajstić information content (AvgIpc) is 3.05. The molecule has 2 aromatic carbocycles. The van der Waals surface area contributed by atoms with E-state index < -0.39 is 12.1 Å². The molecular formula is C22H22N2O5S. The lowest BCUT2D eigenvalue weighted by molar-refractivity contribution is -0.144. The number of aliphatic carboxylic acids is 1. The number of hydrogen-bond donors (Lipinski definition) is 2. The van der Waals surface area contributed by atoms with Crippen molar-refractivity contribution in [2.75, 3.05) is 7.11 Å². The van der Waals surface area contributed by atoms with Gasteiger partial charge in [0.1, 0.15) is 0 Å². The number of rotatable bonds is 6. The zero-order valence-corrected chi connectivity index (χ0v) is 17.9. The van der Waals surface area contributed by atoms with Crippen molar-refractivity contribution in [1.29, 1.82) is 0 Å². The lowest BCUT2D eigenvalue weighted by Crippen LogP contribution is -2.23. The van der Waals surface area contributed by atoms with Gasteiger partial charge in [-0.05, 0) is 73.5 Å². The van der Waals surface area contributed by atoms with Crippen molar-refractivity contribution < 1.29 is 24.2 Å². The van der Waals surface area contributed by atoms with Crippen LogP contribution in [0.4, 0.5) is 5.69 Å². The second-order valence-electron chi connectivity index (χ2n) is 6.71. The van der Waals surface area contributed by atoms with Crippen LogP contribution in [0.5, 0.6) is 11.5 Å². The maximum absolute atomic E-state index is 12.4. The minimum atomic E-state index is -1.07. The maximum Gasteiger partial charge on any atom is 0.344 e. The monoisotopic (exact) mass is 426 g/mol. The lowest BCUT2D eigenvalue weighted by Gasteiger charge is -2.14. The van der Waals surface area contributed by atoms with Crippen molar-refractivity contribution in [2.45, 2.75) is 26.9 Å². The van der Waals surface area contributed by atoms with Gasteiger partial charge >= 0.3 is 5.97 Å². The largest absolute Gasteiger partial charge is 0.493 e. The van der Waals surface area contributed by atoms with Crippen molar-refractivity contribution in [3.05, 3.63) is 58.0 Å². The van der Waals surface area contributed by atoms with Gasteiger partial charge in [-0.25, -0.2) is 9.79 Å². The van der Waals surface area contributed by atoms with E-state index in [-0.39, 0.29) is 5.91 Å². The van der Waals surface area contributed by atoms with Crippen molar-refractivity contribution in [2.24, 2.45) is 4.99 Å². The molecule has 156 valence electrons. The van der Waals surface area contributed by atoms with E-state index in [1.807, 2.05) is 32.0 Å². The topological polar surface area (TPSA) is 97.2 Å². The number of methoxy groups -OCH3 is 1. The predicted molar refractivity (Wildman–Crippen MR) is 117 cm³/mol. The molecular weight excluding hydrogens is 404 g/mol. The van der Waals surface area contributed by atoms with Crippen LogP contribution in [0.15, 0.2) is 46.3 Å². The van der Waals surface area contributed by atoms with Gasteiger partial charge in [-0.15, -0.1) is 0 Å². The summed E-state index contributed by atoms with van der Waals surface area (Å²) in [6.45, 7) is 5.45. The van der Waals surface area contributed by atoms with Gasteiger partial charge in [-0.3, -0.25) is 4.79 Å². The maximum atomic E-state index is 12.4. The number of amidine groups is 1. The Morgan fingerprint density at radius 3 is 2.70 bits per heavy atom. The summed E-state index contributed by atoms with van der Waals surface area (Å²) in [5.41, 5.74) is 3.73. The van der Waals surface area contributed by atoms with E-state index in [0.717, 1.165) is 16.8 Å². The van der Waals surface area contributed by atoms with Gasteiger partial charge in [0.05, 0.1) is 17.7 Å². The number of carboxylic acids is 1. The smallest absolute Gasteiger partial charge is 0.344 e. The number of nitrogens with one attached hydrogen (secondary N) is 1. The summed E-state index contributed by atoms with van der Waals surface area (Å²) in [5, 5.41) is 12.3. The number of aryl methyl sites for hydroxylation is 1. The van der Waals surface area contributed by atoms with Gasteiger partial charge in [0.2, 0.25) is 0 Å². The summed E-state index contributed by atoms with van der Waals surface area (Å²) < 4.78 is 10.7. The summed E-state index contributed by atoms with van der Waals surface area (Å²) in [4.78, 5) is 28.4. The van der Waals surface area contributed by atoms with E-state index in [4.69, 9.17) is 14.6 Å². The molecule has 0 radical (unpaired) electrons. The quantitative estimate of drug-likeness (QED) is 0.676. The second kappa shape index (κ2) is 9.04. The SMILES string of the molecule is COc1cc(/C=C2\SC(=Nc3cccc(C)c3C)NC2=O)ccc1O[C@H](C)C(=O)O. The van der Waals surface area contributed by atoms with E-state index in [2.05, 4.69) is 10.3 Å². The molecule has 3 rings (SSSR count). The third-order valence-corrected chi connectivity index (χ3v) is 5.50. The standard InChI is InChI=1S/C22H22N2O5S/c1-12-6-5-7-16(13(12)2)23-22-24-20(25)19(30-22)11-15-8-9-17(18(10-15)28-4)29-14(3)21(26)27/h5-11,14H,1-4H3,(H,26,27)(H,23,24,25)/b19-11-/t14-/m1/s1. The number of benzene rings is 2. The van der Waals surface area contributed by atoms with Crippen molar-refractivity contribution in [1.82, 2.24) is 5.32 Å². The van der Waals surface area contributed by atoms with Gasteiger partial charge in [0.25, 0.3) is 5.91 Å². The first-order valence-corrected chi connectivity index (χ1v) is 10.0. The number of aliphatic imine (C=N–C) groups is 1. The Bertz CT molecular complexity index is 1060. The van der Waals surface area contributed by atoms with Crippen LogP contribution in [0, 0.1) is 13.8 Å². The Kier molecular flexibility index (Phi) is 6.47. The van der Waals surface area contributed by atoms with Crippen LogP contribution in [0.25, 0.3) is 6.08 Å². The number of hydrogen-bond acceptors (Lipinski definition) is 6. The summed E-state index contributed by atoms with van der Waals surface area (Å²) in [7, 11) is 1.47. The molecule has 0 spiro atoms. The highest BCUT2D eigenvalue weighted by Crippen LogP contribution is 2.33. The van der Waals surface area contributed by atoms with Crippen molar-refractivity contribution in [3.8, 4) is 11.5 Å². The molecule has 1 fully saturated rings. The summed E-state index contributed by atoms with van der Waals surface area (Å²) in [6, 6.07) is 10.9.